The van der Waals surface area contributed by atoms with E-state index in [1.54, 1.807) is 37.3 Å². The van der Waals surface area contributed by atoms with E-state index in [1.807, 2.05) is 0 Å². The molecule has 0 bridgehead atoms. The van der Waals surface area contributed by atoms with Crippen LogP contribution in [0.25, 0.3) is 0 Å². The van der Waals surface area contributed by atoms with Crippen LogP contribution in [-0.2, 0) is 9.53 Å². The van der Waals surface area contributed by atoms with Crippen molar-refractivity contribution in [2.75, 3.05) is 18.5 Å². The van der Waals surface area contributed by atoms with E-state index in [1.165, 1.54) is 12.1 Å². The average molecular weight is 368 g/mol. The third-order valence-corrected chi connectivity index (χ3v) is 3.46. The Balaban J connectivity index is 1.94. The Morgan fingerprint density at radius 2 is 1.92 bits per heavy atom. The van der Waals surface area contributed by atoms with Crippen molar-refractivity contribution in [2.45, 2.75) is 6.92 Å². The molecule has 0 spiro atoms. The number of benzene rings is 2. The molecule has 2 rings (SSSR count). The Bertz CT molecular complexity index is 749. The molecule has 0 aliphatic carbocycles. The standard InChI is InChI=1S/C17H15Cl2NO4/c1-2-23-17(22)14-7-6-12(9-15(14)19)20-16(21)10-24-13-5-3-4-11(18)8-13/h3-9H,2,10H2,1H3,(H,20,21). The summed E-state index contributed by atoms with van der Waals surface area (Å²) >= 11 is 11.9. The number of carbonyl (C=O) groups excluding carboxylic acids is 2. The molecular weight excluding hydrogens is 353 g/mol. The van der Waals surface area contributed by atoms with Gasteiger partial charge in [-0.25, -0.2) is 4.79 Å². The van der Waals surface area contributed by atoms with Gasteiger partial charge >= 0.3 is 5.97 Å². The van der Waals surface area contributed by atoms with Crippen molar-refractivity contribution in [3.8, 4) is 5.75 Å². The highest BCUT2D eigenvalue weighted by Gasteiger charge is 2.13. The van der Waals surface area contributed by atoms with Crippen LogP contribution in [0.4, 0.5) is 5.69 Å². The zero-order valence-electron chi connectivity index (χ0n) is 12.8. The quantitative estimate of drug-likeness (QED) is 0.777. The second-order valence-corrected chi connectivity index (χ2v) is 5.55. The van der Waals surface area contributed by atoms with Crippen molar-refractivity contribution in [2.24, 2.45) is 0 Å². The van der Waals surface area contributed by atoms with Gasteiger partial charge in [-0.05, 0) is 43.3 Å². The predicted molar refractivity (Wildman–Crippen MR) is 93.0 cm³/mol. The summed E-state index contributed by atoms with van der Waals surface area (Å²) in [4.78, 5) is 23.6. The van der Waals surface area contributed by atoms with E-state index in [-0.39, 0.29) is 29.7 Å². The van der Waals surface area contributed by atoms with E-state index in [0.717, 1.165) is 0 Å². The number of ether oxygens (including phenoxy) is 2. The molecule has 126 valence electrons. The van der Waals surface area contributed by atoms with Gasteiger partial charge in [0.15, 0.2) is 6.61 Å². The SMILES string of the molecule is CCOC(=O)c1ccc(NC(=O)COc2cccc(Cl)c2)cc1Cl. The molecule has 0 saturated carbocycles. The Labute approximate surface area is 149 Å². The zero-order chi connectivity index (χ0) is 17.5. The number of esters is 1. The number of hydrogen-bond acceptors (Lipinski definition) is 4. The molecule has 0 aliphatic heterocycles. The van der Waals surface area contributed by atoms with Crippen molar-refractivity contribution in [3.63, 3.8) is 0 Å². The summed E-state index contributed by atoms with van der Waals surface area (Å²) in [6.45, 7) is 1.78. The maximum absolute atomic E-state index is 11.9. The van der Waals surface area contributed by atoms with Gasteiger partial charge in [0.05, 0.1) is 17.2 Å². The van der Waals surface area contributed by atoms with Crippen LogP contribution in [-0.4, -0.2) is 25.1 Å². The van der Waals surface area contributed by atoms with E-state index >= 15 is 0 Å². The number of anilines is 1. The number of amides is 1. The average Bonchev–Trinajstić information content (AvgIpc) is 2.53. The fourth-order valence-electron chi connectivity index (χ4n) is 1.87. The normalized spacial score (nSPS) is 10.1. The number of carbonyl (C=O) groups is 2. The Hall–Kier alpha value is -2.24. The van der Waals surface area contributed by atoms with Crippen molar-refractivity contribution >= 4 is 40.8 Å². The van der Waals surface area contributed by atoms with Crippen molar-refractivity contribution in [1.82, 2.24) is 0 Å². The first-order valence-corrected chi connectivity index (χ1v) is 7.90. The van der Waals surface area contributed by atoms with Gasteiger partial charge < -0.3 is 14.8 Å². The van der Waals surface area contributed by atoms with Gasteiger partial charge in [0.2, 0.25) is 0 Å². The van der Waals surface area contributed by atoms with Crippen molar-refractivity contribution < 1.29 is 19.1 Å². The summed E-state index contributed by atoms with van der Waals surface area (Å²) in [5.74, 6) is -0.382. The van der Waals surface area contributed by atoms with Crippen molar-refractivity contribution in [1.29, 1.82) is 0 Å². The van der Waals surface area contributed by atoms with Crippen LogP contribution in [0.3, 0.4) is 0 Å². The lowest BCUT2D eigenvalue weighted by Gasteiger charge is -2.09. The third kappa shape index (κ3) is 5.15. The van der Waals surface area contributed by atoms with Crippen LogP contribution in [0.5, 0.6) is 5.75 Å². The van der Waals surface area contributed by atoms with Crippen LogP contribution in [0.2, 0.25) is 10.0 Å². The Morgan fingerprint density at radius 1 is 1.12 bits per heavy atom. The van der Waals surface area contributed by atoms with Gasteiger partial charge in [-0.2, -0.15) is 0 Å². The first-order valence-electron chi connectivity index (χ1n) is 7.14. The van der Waals surface area contributed by atoms with E-state index in [0.29, 0.717) is 16.5 Å². The molecular formula is C17H15Cl2NO4. The van der Waals surface area contributed by atoms with Crippen LogP contribution in [0.15, 0.2) is 42.5 Å². The highest BCUT2D eigenvalue weighted by Crippen LogP contribution is 2.22. The monoisotopic (exact) mass is 367 g/mol. The van der Waals surface area contributed by atoms with Crippen molar-refractivity contribution in [3.05, 3.63) is 58.1 Å². The van der Waals surface area contributed by atoms with E-state index in [4.69, 9.17) is 32.7 Å². The lowest BCUT2D eigenvalue weighted by molar-refractivity contribution is -0.118. The first kappa shape index (κ1) is 18.1. The maximum atomic E-state index is 11.9. The van der Waals surface area contributed by atoms with E-state index in [9.17, 15) is 9.59 Å². The highest BCUT2D eigenvalue weighted by atomic mass is 35.5. The molecule has 2 aromatic carbocycles. The molecule has 0 fully saturated rings. The Morgan fingerprint density at radius 3 is 2.58 bits per heavy atom. The highest BCUT2D eigenvalue weighted by molar-refractivity contribution is 6.34. The van der Waals surface area contributed by atoms with E-state index < -0.39 is 5.97 Å². The molecule has 7 heteroatoms. The van der Waals surface area contributed by atoms with Gasteiger partial charge in [0.25, 0.3) is 5.91 Å². The molecule has 1 N–H and O–H groups in total. The lowest BCUT2D eigenvalue weighted by atomic mass is 10.2. The summed E-state index contributed by atoms with van der Waals surface area (Å²) in [6, 6.07) is 11.3. The van der Waals surface area contributed by atoms with Gasteiger partial charge in [0, 0.05) is 10.7 Å². The van der Waals surface area contributed by atoms with Crippen LogP contribution in [0.1, 0.15) is 17.3 Å². The smallest absolute Gasteiger partial charge is 0.339 e. The minimum Gasteiger partial charge on any atom is -0.484 e. The molecule has 2 aromatic rings. The van der Waals surface area contributed by atoms with Crippen LogP contribution in [0, 0.1) is 0 Å². The predicted octanol–water partition coefficient (Wildman–Crippen LogP) is 4.19. The third-order valence-electron chi connectivity index (χ3n) is 2.91. The molecule has 0 heterocycles. The molecule has 0 radical (unpaired) electrons. The largest absolute Gasteiger partial charge is 0.484 e. The van der Waals surface area contributed by atoms with Crippen LogP contribution < -0.4 is 10.1 Å². The molecule has 0 atom stereocenters. The molecule has 5 nitrogen and oxygen atoms in total. The molecule has 1 amide bonds. The summed E-state index contributed by atoms with van der Waals surface area (Å²) in [5, 5.41) is 3.35. The number of hydrogen-bond donors (Lipinski definition) is 1. The number of rotatable bonds is 6. The minimum absolute atomic E-state index is 0.183. The van der Waals surface area contributed by atoms with Gasteiger partial charge in [-0.3, -0.25) is 4.79 Å². The zero-order valence-corrected chi connectivity index (χ0v) is 14.4. The summed E-state index contributed by atoms with van der Waals surface area (Å²) < 4.78 is 10.2. The summed E-state index contributed by atoms with van der Waals surface area (Å²) in [7, 11) is 0. The summed E-state index contributed by atoms with van der Waals surface area (Å²) in [6.07, 6.45) is 0. The maximum Gasteiger partial charge on any atom is 0.339 e. The molecule has 24 heavy (non-hydrogen) atoms. The molecule has 0 aliphatic rings. The second-order valence-electron chi connectivity index (χ2n) is 4.71. The lowest BCUT2D eigenvalue weighted by Crippen LogP contribution is -2.20. The molecule has 0 aromatic heterocycles. The number of halogens is 2. The molecule has 0 unspecified atom stereocenters. The summed E-state index contributed by atoms with van der Waals surface area (Å²) in [5.41, 5.74) is 0.694. The molecule has 0 saturated heterocycles. The number of nitrogens with one attached hydrogen (secondary N) is 1. The van der Waals surface area contributed by atoms with Gasteiger partial charge in [-0.1, -0.05) is 29.3 Å². The first-order chi connectivity index (χ1) is 11.5. The minimum atomic E-state index is -0.510. The van der Waals surface area contributed by atoms with Gasteiger partial charge in [0.1, 0.15) is 5.75 Å². The fourth-order valence-corrected chi connectivity index (χ4v) is 2.31. The topological polar surface area (TPSA) is 64.6 Å². The van der Waals surface area contributed by atoms with Gasteiger partial charge in [-0.15, -0.1) is 0 Å². The van der Waals surface area contributed by atoms with Crippen LogP contribution >= 0.6 is 23.2 Å². The van der Waals surface area contributed by atoms with E-state index in [2.05, 4.69) is 5.32 Å². The second kappa shape index (κ2) is 8.57. The fraction of sp³-hybridized carbons (Fsp3) is 0.176. The Kier molecular flexibility index (Phi) is 6.46.